The topological polar surface area (TPSA) is 72.2 Å². The van der Waals surface area contributed by atoms with Crippen LogP contribution in [0.3, 0.4) is 0 Å². The Morgan fingerprint density at radius 3 is 2.60 bits per heavy atom. The van der Waals surface area contributed by atoms with Crippen LogP contribution >= 0.6 is 11.6 Å². The summed E-state index contributed by atoms with van der Waals surface area (Å²) in [6.07, 6.45) is 5.36. The van der Waals surface area contributed by atoms with Gasteiger partial charge in [0.05, 0.1) is 15.6 Å². The summed E-state index contributed by atoms with van der Waals surface area (Å²) in [4.78, 5) is 0.153. The molecule has 1 aromatic rings. The molecule has 3 N–H and O–H groups in total. The van der Waals surface area contributed by atoms with Gasteiger partial charge in [-0.25, -0.2) is 13.1 Å². The zero-order valence-electron chi connectivity index (χ0n) is 12.0. The van der Waals surface area contributed by atoms with Crippen molar-refractivity contribution in [2.45, 2.75) is 56.9 Å². The molecule has 0 spiro atoms. The second kappa shape index (κ2) is 7.86. The van der Waals surface area contributed by atoms with Crippen molar-refractivity contribution in [1.29, 1.82) is 0 Å². The van der Waals surface area contributed by atoms with Crippen molar-refractivity contribution in [1.82, 2.24) is 4.72 Å². The highest BCUT2D eigenvalue weighted by Gasteiger charge is 2.17. The van der Waals surface area contributed by atoms with E-state index in [2.05, 4.69) is 11.6 Å². The number of nitrogen functional groups attached to an aromatic ring is 1. The zero-order valence-corrected chi connectivity index (χ0v) is 13.6. The van der Waals surface area contributed by atoms with Gasteiger partial charge in [0, 0.05) is 6.04 Å². The molecule has 1 aromatic carbocycles. The molecular weight excluding hydrogens is 296 g/mol. The molecule has 1 rings (SSSR count). The third kappa shape index (κ3) is 5.31. The van der Waals surface area contributed by atoms with Crippen molar-refractivity contribution in [3.8, 4) is 0 Å². The van der Waals surface area contributed by atoms with Crippen LogP contribution in [0.1, 0.15) is 46.0 Å². The lowest BCUT2D eigenvalue weighted by Crippen LogP contribution is -2.32. The van der Waals surface area contributed by atoms with Crippen LogP contribution in [-0.4, -0.2) is 14.5 Å². The number of nitrogens with one attached hydrogen (secondary N) is 1. The fourth-order valence-corrected chi connectivity index (χ4v) is 3.39. The number of halogens is 1. The highest BCUT2D eigenvalue weighted by Crippen LogP contribution is 2.22. The number of nitrogens with two attached hydrogens (primary N) is 1. The minimum Gasteiger partial charge on any atom is -0.397 e. The van der Waals surface area contributed by atoms with E-state index in [0.717, 1.165) is 19.3 Å². The molecule has 0 amide bonds. The summed E-state index contributed by atoms with van der Waals surface area (Å²) in [5, 5.41) is 0.358. The maximum Gasteiger partial charge on any atom is 0.240 e. The first-order valence-electron chi connectivity index (χ1n) is 6.94. The average Bonchev–Trinajstić information content (AvgIpc) is 2.37. The average molecular weight is 319 g/mol. The monoisotopic (exact) mass is 318 g/mol. The minimum atomic E-state index is -3.53. The Morgan fingerprint density at radius 1 is 1.30 bits per heavy atom. The molecule has 0 aromatic heterocycles. The van der Waals surface area contributed by atoms with Gasteiger partial charge in [0.15, 0.2) is 0 Å². The van der Waals surface area contributed by atoms with E-state index in [1.54, 1.807) is 0 Å². The van der Waals surface area contributed by atoms with Crippen LogP contribution in [0.4, 0.5) is 5.69 Å². The first kappa shape index (κ1) is 17.3. The van der Waals surface area contributed by atoms with Gasteiger partial charge in [0.25, 0.3) is 0 Å². The van der Waals surface area contributed by atoms with Crippen LogP contribution in [0.5, 0.6) is 0 Å². The van der Waals surface area contributed by atoms with E-state index < -0.39 is 10.0 Å². The third-order valence-electron chi connectivity index (χ3n) is 3.12. The van der Waals surface area contributed by atoms with Gasteiger partial charge in [-0.15, -0.1) is 0 Å². The molecule has 0 saturated carbocycles. The molecule has 1 unspecified atom stereocenters. The molecule has 0 aliphatic carbocycles. The summed E-state index contributed by atoms with van der Waals surface area (Å²) >= 11 is 5.79. The van der Waals surface area contributed by atoms with Gasteiger partial charge in [-0.05, 0) is 31.5 Å². The van der Waals surface area contributed by atoms with Crippen LogP contribution in [0, 0.1) is 0 Å². The van der Waals surface area contributed by atoms with Crippen molar-refractivity contribution >= 4 is 27.3 Å². The predicted octanol–water partition coefficient (Wildman–Crippen LogP) is 3.56. The van der Waals surface area contributed by atoms with Crippen LogP contribution in [0.15, 0.2) is 23.1 Å². The zero-order chi connectivity index (χ0) is 15.2. The van der Waals surface area contributed by atoms with E-state index in [1.165, 1.54) is 31.0 Å². The number of benzene rings is 1. The number of anilines is 1. The van der Waals surface area contributed by atoms with Crippen LogP contribution in [0.2, 0.25) is 5.02 Å². The SMILES string of the molecule is CCCCCCC(C)NS(=O)(=O)c1ccc(Cl)c(N)c1. The highest BCUT2D eigenvalue weighted by atomic mass is 35.5. The van der Waals surface area contributed by atoms with E-state index in [1.807, 2.05) is 6.92 Å². The van der Waals surface area contributed by atoms with Gasteiger partial charge >= 0.3 is 0 Å². The van der Waals surface area contributed by atoms with Gasteiger partial charge in [0.1, 0.15) is 0 Å². The molecule has 114 valence electrons. The van der Waals surface area contributed by atoms with Gasteiger partial charge in [-0.2, -0.15) is 0 Å². The Balaban J connectivity index is 2.62. The van der Waals surface area contributed by atoms with Gasteiger partial charge in [-0.3, -0.25) is 0 Å². The fraction of sp³-hybridized carbons (Fsp3) is 0.571. The van der Waals surface area contributed by atoms with Crippen LogP contribution in [-0.2, 0) is 10.0 Å². The number of hydrogen-bond acceptors (Lipinski definition) is 3. The second-order valence-electron chi connectivity index (χ2n) is 5.05. The van der Waals surface area contributed by atoms with E-state index in [4.69, 9.17) is 17.3 Å². The summed E-state index contributed by atoms with van der Waals surface area (Å²) < 4.78 is 27.0. The van der Waals surface area contributed by atoms with Crippen molar-refractivity contribution in [2.75, 3.05) is 5.73 Å². The molecule has 20 heavy (non-hydrogen) atoms. The van der Waals surface area contributed by atoms with E-state index in [0.29, 0.717) is 5.02 Å². The lowest BCUT2D eigenvalue weighted by Gasteiger charge is -2.14. The number of unbranched alkanes of at least 4 members (excludes halogenated alkanes) is 3. The molecular formula is C14H23ClN2O2S. The Labute approximate surface area is 126 Å². The molecule has 0 heterocycles. The standard InChI is InChI=1S/C14H23ClN2O2S/c1-3-4-5-6-7-11(2)17-20(18,19)12-8-9-13(15)14(16)10-12/h8-11,17H,3-7,16H2,1-2H3. The van der Waals surface area contributed by atoms with Crippen molar-refractivity contribution in [2.24, 2.45) is 0 Å². The first-order valence-corrected chi connectivity index (χ1v) is 8.80. The third-order valence-corrected chi connectivity index (χ3v) is 5.06. The Kier molecular flexibility index (Phi) is 6.79. The maximum atomic E-state index is 12.2. The van der Waals surface area contributed by atoms with Crippen molar-refractivity contribution in [3.05, 3.63) is 23.2 Å². The molecule has 0 radical (unpaired) electrons. The lowest BCUT2D eigenvalue weighted by atomic mass is 10.1. The largest absolute Gasteiger partial charge is 0.397 e. The number of hydrogen-bond donors (Lipinski definition) is 2. The molecule has 4 nitrogen and oxygen atoms in total. The number of sulfonamides is 1. The Bertz CT molecular complexity index is 532. The minimum absolute atomic E-state index is 0.0891. The fourth-order valence-electron chi connectivity index (χ4n) is 1.96. The van der Waals surface area contributed by atoms with Gasteiger partial charge in [0.2, 0.25) is 10.0 Å². The second-order valence-corrected chi connectivity index (χ2v) is 7.18. The normalized spacial score (nSPS) is 13.3. The van der Waals surface area contributed by atoms with Crippen molar-refractivity contribution < 1.29 is 8.42 Å². The van der Waals surface area contributed by atoms with Crippen LogP contribution in [0.25, 0.3) is 0 Å². The maximum absolute atomic E-state index is 12.2. The summed E-state index contributed by atoms with van der Waals surface area (Å²) in [5.74, 6) is 0. The molecule has 6 heteroatoms. The molecule has 1 atom stereocenters. The predicted molar refractivity (Wildman–Crippen MR) is 84.4 cm³/mol. The summed E-state index contributed by atoms with van der Waals surface area (Å²) in [6, 6.07) is 4.25. The van der Waals surface area contributed by atoms with E-state index >= 15 is 0 Å². The summed E-state index contributed by atoms with van der Waals surface area (Å²) in [6.45, 7) is 4.03. The van der Waals surface area contributed by atoms with Gasteiger partial charge < -0.3 is 5.73 Å². The quantitative estimate of drug-likeness (QED) is 0.568. The lowest BCUT2D eigenvalue weighted by molar-refractivity contribution is 0.522. The van der Waals surface area contributed by atoms with Crippen molar-refractivity contribution in [3.63, 3.8) is 0 Å². The molecule has 0 fully saturated rings. The summed E-state index contributed by atoms with van der Waals surface area (Å²) in [5.41, 5.74) is 5.91. The molecule has 0 aliphatic rings. The molecule has 0 saturated heterocycles. The highest BCUT2D eigenvalue weighted by molar-refractivity contribution is 7.89. The molecule has 0 aliphatic heterocycles. The smallest absolute Gasteiger partial charge is 0.240 e. The first-order chi connectivity index (χ1) is 9.36. The van der Waals surface area contributed by atoms with Crippen LogP contribution < -0.4 is 10.5 Å². The Hall–Kier alpha value is -0.780. The molecule has 0 bridgehead atoms. The van der Waals surface area contributed by atoms with Gasteiger partial charge in [-0.1, -0.05) is 44.2 Å². The van der Waals surface area contributed by atoms with E-state index in [9.17, 15) is 8.42 Å². The Morgan fingerprint density at radius 2 is 2.00 bits per heavy atom. The van der Waals surface area contributed by atoms with E-state index in [-0.39, 0.29) is 16.6 Å². The number of rotatable bonds is 8. The summed E-state index contributed by atoms with van der Waals surface area (Å²) in [7, 11) is -3.53.